The second kappa shape index (κ2) is 6.83. The molecule has 0 saturated carbocycles. The molecule has 3 N–H and O–H groups in total. The van der Waals surface area contributed by atoms with E-state index < -0.39 is 11.9 Å². The number of ether oxygens (including phenoxy) is 1. The van der Waals surface area contributed by atoms with Gasteiger partial charge >= 0.3 is 0 Å². The smallest absolute Gasteiger partial charge is 0.240 e. The number of hydrogen-bond acceptors (Lipinski definition) is 4. The molecule has 1 rings (SSSR count). The van der Waals surface area contributed by atoms with E-state index in [1.807, 2.05) is 26.8 Å². The van der Waals surface area contributed by atoms with Gasteiger partial charge in [0.15, 0.2) is 11.6 Å². The lowest BCUT2D eigenvalue weighted by Gasteiger charge is -2.21. The quantitative estimate of drug-likeness (QED) is 0.774. The van der Waals surface area contributed by atoms with E-state index in [1.165, 1.54) is 0 Å². The third kappa shape index (κ3) is 3.91. The van der Waals surface area contributed by atoms with Gasteiger partial charge in [-0.05, 0) is 24.5 Å². The van der Waals surface area contributed by atoms with Gasteiger partial charge in [0, 0.05) is 6.20 Å². The van der Waals surface area contributed by atoms with Gasteiger partial charge in [-0.25, -0.2) is 4.98 Å². The summed E-state index contributed by atoms with van der Waals surface area (Å²) in [5, 5.41) is 3.04. The van der Waals surface area contributed by atoms with Crippen LogP contribution in [0.2, 0.25) is 0 Å². The van der Waals surface area contributed by atoms with Gasteiger partial charge in [-0.3, -0.25) is 4.79 Å². The second-order valence-electron chi connectivity index (χ2n) is 4.47. The molecule has 0 radical (unpaired) electrons. The first-order chi connectivity index (χ1) is 8.56. The van der Waals surface area contributed by atoms with Crippen molar-refractivity contribution in [3.05, 3.63) is 18.3 Å². The van der Waals surface area contributed by atoms with Crippen molar-refractivity contribution in [1.29, 1.82) is 0 Å². The molecule has 0 aliphatic heterocycles. The van der Waals surface area contributed by atoms with Gasteiger partial charge in [-0.2, -0.15) is 0 Å². The summed E-state index contributed by atoms with van der Waals surface area (Å²) < 4.78 is 5.57. The lowest BCUT2D eigenvalue weighted by Crippen LogP contribution is -2.39. The standard InChI is InChI=1S/C13H21N3O2/c1-4-8-18-10-6-5-7-15-13(10)16-11(9(2)3)12(14)17/h5-7,9,11H,4,8H2,1-3H3,(H2,14,17)(H,15,16). The van der Waals surface area contributed by atoms with Crippen molar-refractivity contribution in [3.8, 4) is 5.75 Å². The number of hydrogen-bond donors (Lipinski definition) is 2. The zero-order chi connectivity index (χ0) is 13.5. The molecule has 5 nitrogen and oxygen atoms in total. The molecule has 1 aromatic heterocycles. The second-order valence-corrected chi connectivity index (χ2v) is 4.47. The van der Waals surface area contributed by atoms with Crippen molar-refractivity contribution >= 4 is 11.7 Å². The molecular weight excluding hydrogens is 230 g/mol. The predicted octanol–water partition coefficient (Wildman–Crippen LogP) is 1.79. The van der Waals surface area contributed by atoms with Crippen LogP contribution >= 0.6 is 0 Å². The maximum absolute atomic E-state index is 11.4. The number of nitrogens with two attached hydrogens (primary N) is 1. The van der Waals surface area contributed by atoms with Crippen molar-refractivity contribution in [2.45, 2.75) is 33.2 Å². The lowest BCUT2D eigenvalue weighted by atomic mass is 10.0. The fraction of sp³-hybridized carbons (Fsp3) is 0.538. The fourth-order valence-corrected chi connectivity index (χ4v) is 1.54. The first kappa shape index (κ1) is 14.3. The highest BCUT2D eigenvalue weighted by Gasteiger charge is 2.21. The molecule has 0 aromatic carbocycles. The van der Waals surface area contributed by atoms with E-state index in [2.05, 4.69) is 10.3 Å². The average Bonchev–Trinajstić information content (AvgIpc) is 2.33. The van der Waals surface area contributed by atoms with Crippen molar-refractivity contribution in [1.82, 2.24) is 4.98 Å². The predicted molar refractivity (Wildman–Crippen MR) is 71.5 cm³/mol. The Morgan fingerprint density at radius 1 is 1.56 bits per heavy atom. The number of anilines is 1. The minimum atomic E-state index is -0.455. The molecule has 0 fully saturated rings. The minimum absolute atomic E-state index is 0.0866. The van der Waals surface area contributed by atoms with Crippen LogP contribution in [0.15, 0.2) is 18.3 Å². The largest absolute Gasteiger partial charge is 0.490 e. The number of aromatic nitrogens is 1. The van der Waals surface area contributed by atoms with Crippen LogP contribution in [-0.4, -0.2) is 23.5 Å². The van der Waals surface area contributed by atoms with Crippen molar-refractivity contribution in [2.75, 3.05) is 11.9 Å². The highest BCUT2D eigenvalue weighted by atomic mass is 16.5. The molecule has 0 saturated heterocycles. The maximum atomic E-state index is 11.4. The number of carbonyl (C=O) groups excluding carboxylic acids is 1. The van der Waals surface area contributed by atoms with E-state index >= 15 is 0 Å². The Morgan fingerprint density at radius 3 is 2.83 bits per heavy atom. The molecule has 0 spiro atoms. The summed E-state index contributed by atoms with van der Waals surface area (Å²) in [7, 11) is 0. The third-order valence-corrected chi connectivity index (χ3v) is 2.50. The summed E-state index contributed by atoms with van der Waals surface area (Å²) in [6.07, 6.45) is 2.57. The number of primary amides is 1. The minimum Gasteiger partial charge on any atom is -0.490 e. The number of carbonyl (C=O) groups is 1. The molecule has 0 aliphatic carbocycles. The maximum Gasteiger partial charge on any atom is 0.240 e. The number of rotatable bonds is 7. The summed E-state index contributed by atoms with van der Waals surface area (Å²) in [5.74, 6) is 0.898. The summed E-state index contributed by atoms with van der Waals surface area (Å²) >= 11 is 0. The Balaban J connectivity index is 2.84. The van der Waals surface area contributed by atoms with Gasteiger partial charge in [0.25, 0.3) is 0 Å². The average molecular weight is 251 g/mol. The van der Waals surface area contributed by atoms with Crippen molar-refractivity contribution in [3.63, 3.8) is 0 Å². The summed E-state index contributed by atoms with van der Waals surface area (Å²) in [6, 6.07) is 3.16. The van der Waals surface area contributed by atoms with Crippen LogP contribution in [0.25, 0.3) is 0 Å². The van der Waals surface area contributed by atoms with Crippen LogP contribution in [0.1, 0.15) is 27.2 Å². The van der Waals surface area contributed by atoms with Crippen molar-refractivity contribution < 1.29 is 9.53 Å². The number of nitrogens with zero attached hydrogens (tertiary/aromatic N) is 1. The molecule has 1 unspecified atom stereocenters. The zero-order valence-corrected chi connectivity index (χ0v) is 11.1. The first-order valence-corrected chi connectivity index (χ1v) is 6.20. The molecule has 0 bridgehead atoms. The highest BCUT2D eigenvalue weighted by molar-refractivity contribution is 5.83. The van der Waals surface area contributed by atoms with Crippen molar-refractivity contribution in [2.24, 2.45) is 11.7 Å². The molecule has 1 heterocycles. The monoisotopic (exact) mass is 251 g/mol. The molecule has 1 amide bonds. The van der Waals surface area contributed by atoms with Crippen LogP contribution in [0.3, 0.4) is 0 Å². The number of nitrogens with one attached hydrogen (secondary N) is 1. The lowest BCUT2D eigenvalue weighted by molar-refractivity contribution is -0.119. The Hall–Kier alpha value is -1.78. The number of amides is 1. The summed E-state index contributed by atoms with van der Waals surface area (Å²) in [5.41, 5.74) is 5.37. The summed E-state index contributed by atoms with van der Waals surface area (Å²) in [6.45, 7) is 6.50. The highest BCUT2D eigenvalue weighted by Crippen LogP contribution is 2.23. The molecule has 1 aromatic rings. The summed E-state index contributed by atoms with van der Waals surface area (Å²) in [4.78, 5) is 15.6. The normalized spacial score (nSPS) is 12.2. The van der Waals surface area contributed by atoms with E-state index in [0.29, 0.717) is 18.2 Å². The van der Waals surface area contributed by atoms with E-state index in [-0.39, 0.29) is 5.92 Å². The third-order valence-electron chi connectivity index (χ3n) is 2.50. The Morgan fingerprint density at radius 2 is 2.28 bits per heavy atom. The first-order valence-electron chi connectivity index (χ1n) is 6.20. The van der Waals surface area contributed by atoms with Gasteiger partial charge in [0.2, 0.25) is 5.91 Å². The van der Waals surface area contributed by atoms with Gasteiger partial charge in [-0.1, -0.05) is 20.8 Å². The SMILES string of the molecule is CCCOc1cccnc1NC(C(N)=O)C(C)C. The van der Waals surface area contributed by atoms with Crippen LogP contribution in [0.4, 0.5) is 5.82 Å². The topological polar surface area (TPSA) is 77.2 Å². The van der Waals surface area contributed by atoms with Gasteiger partial charge < -0.3 is 15.8 Å². The Kier molecular flexibility index (Phi) is 5.42. The molecule has 5 heteroatoms. The van der Waals surface area contributed by atoms with Gasteiger partial charge in [0.1, 0.15) is 6.04 Å². The van der Waals surface area contributed by atoms with E-state index in [4.69, 9.17) is 10.5 Å². The van der Waals surface area contributed by atoms with Crippen LogP contribution in [0, 0.1) is 5.92 Å². The van der Waals surface area contributed by atoms with Crippen LogP contribution in [-0.2, 0) is 4.79 Å². The number of pyridine rings is 1. The van der Waals surface area contributed by atoms with E-state index in [0.717, 1.165) is 6.42 Å². The fourth-order valence-electron chi connectivity index (χ4n) is 1.54. The zero-order valence-electron chi connectivity index (χ0n) is 11.1. The van der Waals surface area contributed by atoms with Gasteiger partial charge in [0.05, 0.1) is 6.61 Å². The molecule has 18 heavy (non-hydrogen) atoms. The van der Waals surface area contributed by atoms with Crippen LogP contribution in [0.5, 0.6) is 5.75 Å². The van der Waals surface area contributed by atoms with Gasteiger partial charge in [-0.15, -0.1) is 0 Å². The van der Waals surface area contributed by atoms with Crippen LogP contribution < -0.4 is 15.8 Å². The molecule has 1 atom stereocenters. The Bertz CT molecular complexity index is 394. The van der Waals surface area contributed by atoms with E-state index in [1.54, 1.807) is 12.3 Å². The Labute approximate surface area is 108 Å². The van der Waals surface area contributed by atoms with E-state index in [9.17, 15) is 4.79 Å². The molecule has 0 aliphatic rings. The molecular formula is C13H21N3O2. The molecule has 100 valence electrons.